The third-order valence-electron chi connectivity index (χ3n) is 5.41. The summed E-state index contributed by atoms with van der Waals surface area (Å²) in [5, 5.41) is 0. The van der Waals surface area contributed by atoms with Crippen molar-refractivity contribution in [3.8, 4) is 11.8 Å². The summed E-state index contributed by atoms with van der Waals surface area (Å²) in [5.41, 5.74) is 0.195. The molecule has 3 aromatic rings. The zero-order valence-electron chi connectivity index (χ0n) is 20.3. The monoisotopic (exact) mass is 527 g/mol. The third-order valence-corrected chi connectivity index (χ3v) is 7.20. The van der Waals surface area contributed by atoms with Crippen molar-refractivity contribution < 1.29 is 31.1 Å². The summed E-state index contributed by atoms with van der Waals surface area (Å²) in [6, 6.07) is 18.6. The molecule has 5 nitrogen and oxygen atoms in total. The highest BCUT2D eigenvalue weighted by molar-refractivity contribution is 7.89. The fraction of sp³-hybridized carbons (Fsp3) is 0.179. The van der Waals surface area contributed by atoms with E-state index in [4.69, 9.17) is 0 Å². The standard InChI is InChI=1S/C28H24F3NO4S/c1-20-13-16-23(17-14-20)37(34,35)32(26(28(29,30)31)19-27(33)36-3)25(24-12-8-7-9-21(24)2)18-15-22-10-5-4-6-11-22/h4-14,16-17,19,25H,1-3H3/b26-19+. The third kappa shape index (κ3) is 6.60. The van der Waals surface area contributed by atoms with Crippen molar-refractivity contribution in [2.75, 3.05) is 7.11 Å². The summed E-state index contributed by atoms with van der Waals surface area (Å²) in [4.78, 5) is 11.6. The Bertz CT molecular complexity index is 1450. The van der Waals surface area contributed by atoms with Crippen molar-refractivity contribution in [3.05, 3.63) is 113 Å². The molecule has 0 fully saturated rings. The number of benzene rings is 3. The number of carbonyl (C=O) groups is 1. The first kappa shape index (κ1) is 27.6. The maximum Gasteiger partial charge on any atom is 0.432 e. The van der Waals surface area contributed by atoms with Gasteiger partial charge in [0.15, 0.2) is 0 Å². The molecule has 0 aliphatic heterocycles. The van der Waals surface area contributed by atoms with E-state index in [-0.39, 0.29) is 15.9 Å². The van der Waals surface area contributed by atoms with Crippen LogP contribution in [-0.4, -0.2) is 32.0 Å². The molecule has 0 spiro atoms. The first-order valence-electron chi connectivity index (χ1n) is 11.0. The van der Waals surface area contributed by atoms with E-state index in [0.29, 0.717) is 16.7 Å². The van der Waals surface area contributed by atoms with Crippen LogP contribution in [0.1, 0.15) is 28.3 Å². The molecule has 0 heterocycles. The highest BCUT2D eigenvalue weighted by Gasteiger charge is 2.47. The van der Waals surface area contributed by atoms with Crippen LogP contribution in [0.15, 0.2) is 95.5 Å². The van der Waals surface area contributed by atoms with E-state index >= 15 is 0 Å². The summed E-state index contributed by atoms with van der Waals surface area (Å²) >= 11 is 0. The second kappa shape index (κ2) is 11.4. The van der Waals surface area contributed by atoms with Crippen molar-refractivity contribution in [3.63, 3.8) is 0 Å². The van der Waals surface area contributed by atoms with E-state index in [1.807, 2.05) is 0 Å². The molecule has 0 bridgehead atoms. The number of esters is 1. The van der Waals surface area contributed by atoms with E-state index in [9.17, 15) is 26.4 Å². The number of ether oxygens (including phenoxy) is 1. The molecule has 3 aromatic carbocycles. The minimum absolute atomic E-state index is 0.126. The van der Waals surface area contributed by atoms with Gasteiger partial charge in [-0.15, -0.1) is 0 Å². The number of alkyl halides is 3. The van der Waals surface area contributed by atoms with Gasteiger partial charge in [0, 0.05) is 5.56 Å². The van der Waals surface area contributed by atoms with Gasteiger partial charge < -0.3 is 4.74 Å². The zero-order valence-corrected chi connectivity index (χ0v) is 21.1. The van der Waals surface area contributed by atoms with Gasteiger partial charge >= 0.3 is 12.1 Å². The predicted octanol–water partition coefficient (Wildman–Crippen LogP) is 5.71. The number of allylic oxidation sites excluding steroid dienone is 1. The van der Waals surface area contributed by atoms with Crippen LogP contribution >= 0.6 is 0 Å². The Labute approximate surface area is 214 Å². The highest BCUT2D eigenvalue weighted by atomic mass is 32.2. The van der Waals surface area contributed by atoms with Crippen LogP contribution in [0.2, 0.25) is 0 Å². The van der Waals surface area contributed by atoms with Crippen LogP contribution < -0.4 is 0 Å². The van der Waals surface area contributed by atoms with Crippen molar-refractivity contribution in [1.82, 2.24) is 4.31 Å². The van der Waals surface area contributed by atoms with Crippen molar-refractivity contribution in [2.45, 2.75) is 31.0 Å². The Morgan fingerprint density at radius 2 is 1.54 bits per heavy atom. The molecule has 0 aliphatic carbocycles. The number of sulfonamides is 1. The molecule has 192 valence electrons. The molecule has 1 atom stereocenters. The highest BCUT2D eigenvalue weighted by Crippen LogP contribution is 2.40. The Morgan fingerprint density at radius 1 is 0.946 bits per heavy atom. The first-order chi connectivity index (χ1) is 17.4. The lowest BCUT2D eigenvalue weighted by molar-refractivity contribution is -0.136. The minimum Gasteiger partial charge on any atom is -0.466 e. The van der Waals surface area contributed by atoms with Gasteiger partial charge in [0.05, 0.1) is 18.1 Å². The average molecular weight is 528 g/mol. The lowest BCUT2D eigenvalue weighted by atomic mass is 10.0. The van der Waals surface area contributed by atoms with E-state index in [1.165, 1.54) is 30.3 Å². The second-order valence-electron chi connectivity index (χ2n) is 8.06. The average Bonchev–Trinajstić information content (AvgIpc) is 2.86. The molecule has 3 rings (SSSR count). The SMILES string of the molecule is COC(=O)/C=C(/N(C(C#Cc1ccccc1)c1ccccc1C)S(=O)(=O)c1ccc(C)cc1)C(F)(F)F. The van der Waals surface area contributed by atoms with E-state index in [2.05, 4.69) is 16.6 Å². The van der Waals surface area contributed by atoms with Gasteiger partial charge in [-0.1, -0.05) is 72.0 Å². The van der Waals surface area contributed by atoms with Crippen LogP contribution in [0.4, 0.5) is 13.2 Å². The van der Waals surface area contributed by atoms with Crippen LogP contribution in [-0.2, 0) is 19.6 Å². The molecule has 0 saturated carbocycles. The predicted molar refractivity (Wildman–Crippen MR) is 134 cm³/mol. The van der Waals surface area contributed by atoms with E-state index in [0.717, 1.165) is 7.11 Å². The summed E-state index contributed by atoms with van der Waals surface area (Å²) in [5.74, 6) is 4.15. The maximum atomic E-state index is 14.5. The summed E-state index contributed by atoms with van der Waals surface area (Å²) < 4.78 is 75.9. The maximum absolute atomic E-state index is 14.5. The number of aryl methyl sites for hydroxylation is 2. The molecule has 0 amide bonds. The fourth-order valence-corrected chi connectivity index (χ4v) is 5.07. The molecule has 9 heteroatoms. The molecule has 1 unspecified atom stereocenters. The van der Waals surface area contributed by atoms with Gasteiger partial charge in [-0.25, -0.2) is 17.5 Å². The van der Waals surface area contributed by atoms with E-state index < -0.39 is 38.8 Å². The number of carbonyl (C=O) groups excluding carboxylic acids is 1. The molecular formula is C28H24F3NO4S. The summed E-state index contributed by atoms with van der Waals surface area (Å²) in [6.07, 6.45) is -5.12. The second-order valence-corrected chi connectivity index (χ2v) is 9.87. The lowest BCUT2D eigenvalue weighted by Gasteiger charge is -2.33. The first-order valence-corrected chi connectivity index (χ1v) is 12.5. The Balaban J connectivity index is 2.40. The Hall–Kier alpha value is -4.03. The van der Waals surface area contributed by atoms with Gasteiger partial charge in [0.25, 0.3) is 10.0 Å². The van der Waals surface area contributed by atoms with Crippen LogP contribution in [0.3, 0.4) is 0 Å². The lowest BCUT2D eigenvalue weighted by Crippen LogP contribution is -2.40. The van der Waals surface area contributed by atoms with Gasteiger partial charge in [-0.3, -0.25) is 0 Å². The van der Waals surface area contributed by atoms with Crippen molar-refractivity contribution in [2.24, 2.45) is 0 Å². The Kier molecular flexibility index (Phi) is 8.46. The van der Waals surface area contributed by atoms with Gasteiger partial charge in [-0.2, -0.15) is 13.2 Å². The van der Waals surface area contributed by atoms with Crippen LogP contribution in [0, 0.1) is 25.7 Å². The Morgan fingerprint density at radius 3 is 2.11 bits per heavy atom. The molecule has 0 aliphatic rings. The van der Waals surface area contributed by atoms with Gasteiger partial charge in [0.2, 0.25) is 0 Å². The molecule has 0 radical (unpaired) electrons. The quantitative estimate of drug-likeness (QED) is 0.234. The number of rotatable bonds is 6. The topological polar surface area (TPSA) is 63.7 Å². The van der Waals surface area contributed by atoms with Crippen LogP contribution in [0.25, 0.3) is 0 Å². The van der Waals surface area contributed by atoms with E-state index in [1.54, 1.807) is 62.4 Å². The smallest absolute Gasteiger partial charge is 0.432 e. The number of hydrogen-bond acceptors (Lipinski definition) is 4. The molecule has 37 heavy (non-hydrogen) atoms. The summed E-state index contributed by atoms with van der Waals surface area (Å²) in [6.45, 7) is 3.36. The van der Waals surface area contributed by atoms with Crippen molar-refractivity contribution in [1.29, 1.82) is 0 Å². The number of methoxy groups -OCH3 is 1. The van der Waals surface area contributed by atoms with Gasteiger partial charge in [0.1, 0.15) is 11.7 Å². The summed E-state index contributed by atoms with van der Waals surface area (Å²) in [7, 11) is -3.99. The number of nitrogens with zero attached hydrogens (tertiary/aromatic N) is 1. The van der Waals surface area contributed by atoms with Crippen LogP contribution in [0.5, 0.6) is 0 Å². The van der Waals surface area contributed by atoms with Crippen molar-refractivity contribution >= 4 is 16.0 Å². The fourth-order valence-electron chi connectivity index (χ4n) is 3.50. The molecule has 0 saturated heterocycles. The number of halogens is 3. The van der Waals surface area contributed by atoms with Gasteiger partial charge in [-0.05, 0) is 49.2 Å². The normalized spacial score (nSPS) is 12.8. The largest absolute Gasteiger partial charge is 0.466 e. The zero-order chi connectivity index (χ0) is 27.2. The molecule has 0 N–H and O–H groups in total. The number of hydrogen-bond donors (Lipinski definition) is 0. The minimum atomic E-state index is -5.25. The molecule has 0 aromatic heterocycles. The molecular weight excluding hydrogens is 503 g/mol.